The Morgan fingerprint density at radius 1 is 0.688 bits per heavy atom. The lowest BCUT2D eigenvalue weighted by molar-refractivity contribution is 0.0761. The quantitative estimate of drug-likeness (QED) is 0.392. The summed E-state index contributed by atoms with van der Waals surface area (Å²) in [6, 6.07) is 30.5. The van der Waals surface area contributed by atoms with Gasteiger partial charge >= 0.3 is 0 Å². The van der Waals surface area contributed by atoms with E-state index in [0.717, 1.165) is 59.7 Å². The van der Waals surface area contributed by atoms with Crippen molar-refractivity contribution >= 4 is 5.91 Å². The Morgan fingerprint density at radius 2 is 1.28 bits per heavy atom. The maximum atomic E-state index is 13.0. The van der Waals surface area contributed by atoms with E-state index in [-0.39, 0.29) is 5.91 Å². The summed E-state index contributed by atoms with van der Waals surface area (Å²) in [6.45, 7) is 1.72. The molecule has 0 N–H and O–H groups in total. The van der Waals surface area contributed by atoms with Crippen LogP contribution in [-0.2, 0) is 0 Å². The summed E-state index contributed by atoms with van der Waals surface area (Å²) >= 11 is 0. The Hall–Kier alpha value is -3.66. The highest BCUT2D eigenvalue weighted by Gasteiger charge is 2.18. The second kappa shape index (κ2) is 9.23. The van der Waals surface area contributed by atoms with Crippen LogP contribution < -0.4 is 0 Å². The Balaban J connectivity index is 1.49. The molecule has 160 valence electrons. The summed E-state index contributed by atoms with van der Waals surface area (Å²) in [4.78, 5) is 15.0. The van der Waals surface area contributed by atoms with Gasteiger partial charge in [-0.15, -0.1) is 0 Å². The van der Waals surface area contributed by atoms with Crippen molar-refractivity contribution in [1.29, 1.82) is 0 Å². The zero-order valence-electron chi connectivity index (χ0n) is 18.2. The SMILES string of the molecule is O=C(c1ccc(-n2nc(-c3ccccc3)cc2-c2ccccc2)cc1)N1CCCCCC1. The molecule has 0 atom stereocenters. The molecule has 0 aliphatic carbocycles. The molecule has 1 fully saturated rings. The number of carbonyl (C=O) groups is 1. The minimum atomic E-state index is 0.132. The second-order valence-corrected chi connectivity index (χ2v) is 8.31. The van der Waals surface area contributed by atoms with E-state index < -0.39 is 0 Å². The highest BCUT2D eigenvalue weighted by atomic mass is 16.2. The normalized spacial score (nSPS) is 14.2. The van der Waals surface area contributed by atoms with Crippen LogP contribution >= 0.6 is 0 Å². The number of benzene rings is 3. The molecule has 0 spiro atoms. The minimum absolute atomic E-state index is 0.132. The molecule has 0 unspecified atom stereocenters. The summed E-state index contributed by atoms with van der Waals surface area (Å²) in [7, 11) is 0. The van der Waals surface area contributed by atoms with E-state index in [4.69, 9.17) is 5.10 Å². The van der Waals surface area contributed by atoms with Gasteiger partial charge in [0.1, 0.15) is 0 Å². The Labute approximate surface area is 189 Å². The van der Waals surface area contributed by atoms with Gasteiger partial charge in [0.2, 0.25) is 0 Å². The van der Waals surface area contributed by atoms with Gasteiger partial charge in [-0.2, -0.15) is 5.10 Å². The average molecular weight is 422 g/mol. The predicted octanol–water partition coefficient (Wildman–Crippen LogP) is 6.22. The van der Waals surface area contributed by atoms with Crippen LogP contribution in [0.5, 0.6) is 0 Å². The standard InChI is InChI=1S/C28H27N3O/c32-28(30-19-9-1-2-10-20-30)24-15-17-25(18-16-24)31-27(23-13-7-4-8-14-23)21-26(29-31)22-11-5-3-6-12-22/h3-8,11-18,21H,1-2,9-10,19-20H2. The zero-order valence-corrected chi connectivity index (χ0v) is 18.2. The molecule has 3 aromatic carbocycles. The van der Waals surface area contributed by atoms with Gasteiger partial charge in [0, 0.05) is 29.8 Å². The summed E-state index contributed by atoms with van der Waals surface area (Å²) in [5.74, 6) is 0.132. The third-order valence-electron chi connectivity index (χ3n) is 6.10. The number of likely N-dealkylation sites (tertiary alicyclic amines) is 1. The van der Waals surface area contributed by atoms with Crippen molar-refractivity contribution in [3.05, 3.63) is 96.6 Å². The fraction of sp³-hybridized carbons (Fsp3) is 0.214. The van der Waals surface area contributed by atoms with Gasteiger partial charge in [-0.1, -0.05) is 73.5 Å². The van der Waals surface area contributed by atoms with Gasteiger partial charge in [0.15, 0.2) is 0 Å². The fourth-order valence-corrected chi connectivity index (χ4v) is 4.34. The maximum Gasteiger partial charge on any atom is 0.253 e. The van der Waals surface area contributed by atoms with Crippen LogP contribution in [0.15, 0.2) is 91.0 Å². The molecule has 2 heterocycles. The van der Waals surface area contributed by atoms with Crippen molar-refractivity contribution in [2.45, 2.75) is 25.7 Å². The number of rotatable bonds is 4. The zero-order chi connectivity index (χ0) is 21.8. The van der Waals surface area contributed by atoms with Crippen LogP contribution in [0.2, 0.25) is 0 Å². The molecule has 1 aromatic heterocycles. The monoisotopic (exact) mass is 421 g/mol. The van der Waals surface area contributed by atoms with Crippen LogP contribution in [0.1, 0.15) is 36.0 Å². The Bertz CT molecular complexity index is 1170. The van der Waals surface area contributed by atoms with Gasteiger partial charge in [-0.25, -0.2) is 4.68 Å². The molecular formula is C28H27N3O. The van der Waals surface area contributed by atoms with Gasteiger partial charge in [0.25, 0.3) is 5.91 Å². The van der Waals surface area contributed by atoms with Crippen LogP contribution in [0.4, 0.5) is 0 Å². The maximum absolute atomic E-state index is 13.0. The lowest BCUT2D eigenvalue weighted by Gasteiger charge is -2.20. The molecule has 0 saturated carbocycles. The van der Waals surface area contributed by atoms with E-state index in [1.165, 1.54) is 12.8 Å². The summed E-state index contributed by atoms with van der Waals surface area (Å²) in [6.07, 6.45) is 4.63. The van der Waals surface area contributed by atoms with Crippen molar-refractivity contribution in [3.63, 3.8) is 0 Å². The first-order chi connectivity index (χ1) is 15.8. The lowest BCUT2D eigenvalue weighted by Crippen LogP contribution is -2.31. The average Bonchev–Trinajstić information content (AvgIpc) is 3.13. The van der Waals surface area contributed by atoms with Crippen LogP contribution in [0.25, 0.3) is 28.2 Å². The first-order valence-electron chi connectivity index (χ1n) is 11.4. The molecule has 32 heavy (non-hydrogen) atoms. The van der Waals surface area contributed by atoms with Crippen LogP contribution in [0.3, 0.4) is 0 Å². The van der Waals surface area contributed by atoms with E-state index in [1.54, 1.807) is 0 Å². The fourth-order valence-electron chi connectivity index (χ4n) is 4.34. The number of nitrogens with zero attached hydrogens (tertiary/aromatic N) is 3. The van der Waals surface area contributed by atoms with Crippen LogP contribution in [-0.4, -0.2) is 33.7 Å². The highest BCUT2D eigenvalue weighted by Crippen LogP contribution is 2.29. The molecule has 5 rings (SSSR count). The molecule has 4 nitrogen and oxygen atoms in total. The van der Waals surface area contributed by atoms with Crippen molar-refractivity contribution in [3.8, 4) is 28.2 Å². The third kappa shape index (κ3) is 4.22. The molecule has 1 aliphatic heterocycles. The van der Waals surface area contributed by atoms with Crippen molar-refractivity contribution in [2.24, 2.45) is 0 Å². The summed E-state index contributed by atoms with van der Waals surface area (Å²) in [5, 5.41) is 4.93. The Morgan fingerprint density at radius 3 is 1.91 bits per heavy atom. The van der Waals surface area contributed by atoms with E-state index >= 15 is 0 Å². The van der Waals surface area contributed by atoms with Crippen molar-refractivity contribution in [1.82, 2.24) is 14.7 Å². The molecule has 4 heteroatoms. The number of aromatic nitrogens is 2. The highest BCUT2D eigenvalue weighted by molar-refractivity contribution is 5.94. The smallest absolute Gasteiger partial charge is 0.253 e. The first kappa shape index (κ1) is 20.3. The van der Waals surface area contributed by atoms with Crippen molar-refractivity contribution < 1.29 is 4.79 Å². The van der Waals surface area contributed by atoms with E-state index in [1.807, 2.05) is 70.2 Å². The van der Waals surface area contributed by atoms with Gasteiger partial charge < -0.3 is 4.90 Å². The third-order valence-corrected chi connectivity index (χ3v) is 6.10. The number of hydrogen-bond donors (Lipinski definition) is 0. The largest absolute Gasteiger partial charge is 0.339 e. The Kier molecular flexibility index (Phi) is 5.84. The predicted molar refractivity (Wildman–Crippen MR) is 129 cm³/mol. The molecule has 0 bridgehead atoms. The molecule has 0 radical (unpaired) electrons. The van der Waals surface area contributed by atoms with Crippen molar-refractivity contribution in [2.75, 3.05) is 13.1 Å². The number of carbonyl (C=O) groups excluding carboxylic acids is 1. The minimum Gasteiger partial charge on any atom is -0.339 e. The topological polar surface area (TPSA) is 38.1 Å². The van der Waals surface area contributed by atoms with E-state index in [0.29, 0.717) is 0 Å². The second-order valence-electron chi connectivity index (χ2n) is 8.31. The van der Waals surface area contributed by atoms with Gasteiger partial charge in [-0.05, 0) is 43.2 Å². The number of hydrogen-bond acceptors (Lipinski definition) is 2. The van der Waals surface area contributed by atoms with E-state index in [9.17, 15) is 4.79 Å². The van der Waals surface area contributed by atoms with E-state index in [2.05, 4.69) is 30.3 Å². The molecule has 1 saturated heterocycles. The number of amides is 1. The summed E-state index contributed by atoms with van der Waals surface area (Å²) in [5.41, 5.74) is 5.82. The van der Waals surface area contributed by atoms with Gasteiger partial charge in [-0.3, -0.25) is 4.79 Å². The first-order valence-corrected chi connectivity index (χ1v) is 11.4. The summed E-state index contributed by atoms with van der Waals surface area (Å²) < 4.78 is 1.97. The molecule has 1 amide bonds. The van der Waals surface area contributed by atoms with Gasteiger partial charge in [0.05, 0.1) is 17.1 Å². The molecule has 4 aromatic rings. The molecular weight excluding hydrogens is 394 g/mol. The van der Waals surface area contributed by atoms with Crippen LogP contribution in [0, 0.1) is 0 Å². The molecule has 1 aliphatic rings. The lowest BCUT2D eigenvalue weighted by atomic mass is 10.1.